The molecule has 0 heterocycles. The molecule has 0 saturated heterocycles. The predicted octanol–water partition coefficient (Wildman–Crippen LogP) is 6.48. The van der Waals surface area contributed by atoms with Crippen LogP contribution in [0.2, 0.25) is 0 Å². The Balaban J connectivity index is 3.04. The summed E-state index contributed by atoms with van der Waals surface area (Å²) in [5.41, 5.74) is 2.47. The summed E-state index contributed by atoms with van der Waals surface area (Å²) in [4.78, 5) is 25.5. The van der Waals surface area contributed by atoms with Gasteiger partial charge in [0, 0.05) is 0 Å². The Morgan fingerprint density at radius 3 is 1.62 bits per heavy atom. The molecule has 0 bridgehead atoms. The molecule has 4 nitrogen and oxygen atoms in total. The fourth-order valence-corrected chi connectivity index (χ4v) is 3.32. The molecule has 1 aromatic rings. The van der Waals surface area contributed by atoms with Crippen LogP contribution in [0.4, 0.5) is 0 Å². The van der Waals surface area contributed by atoms with Crippen LogP contribution in [-0.4, -0.2) is 25.2 Å². The minimum atomic E-state index is -0.452. The van der Waals surface area contributed by atoms with Gasteiger partial charge < -0.3 is 9.47 Å². The number of carbonyl (C=O) groups excluding carboxylic acids is 2. The molecule has 0 atom stereocenters. The van der Waals surface area contributed by atoms with Crippen LogP contribution in [0.25, 0.3) is 0 Å². The first-order chi connectivity index (χ1) is 13.4. The minimum absolute atomic E-state index is 0.142. The van der Waals surface area contributed by atoms with Crippen LogP contribution in [0.5, 0.6) is 0 Å². The first-order valence-corrected chi connectivity index (χ1v) is 10.9. The van der Waals surface area contributed by atoms with E-state index in [0.29, 0.717) is 36.2 Å². The molecule has 0 aliphatic rings. The number of aryl methyl sites for hydroxylation is 1. The molecule has 0 aliphatic carbocycles. The normalized spacial score (nSPS) is 11.8. The zero-order valence-corrected chi connectivity index (χ0v) is 19.7. The summed E-state index contributed by atoms with van der Waals surface area (Å²) in [5, 5.41) is 0. The number of benzene rings is 1. The van der Waals surface area contributed by atoms with E-state index in [1.165, 1.54) is 0 Å². The maximum Gasteiger partial charge on any atom is 0.339 e. The zero-order chi connectivity index (χ0) is 22.2. The van der Waals surface area contributed by atoms with Crippen LogP contribution < -0.4 is 0 Å². The van der Waals surface area contributed by atoms with Gasteiger partial charge in [0.2, 0.25) is 0 Å². The van der Waals surface area contributed by atoms with E-state index in [1.807, 2.05) is 13.0 Å². The molecule has 0 radical (unpaired) electrons. The van der Waals surface area contributed by atoms with Crippen molar-refractivity contribution in [3.8, 4) is 0 Å². The van der Waals surface area contributed by atoms with Gasteiger partial charge in [-0.1, -0.05) is 48.5 Å². The van der Waals surface area contributed by atoms with Crippen LogP contribution in [0.3, 0.4) is 0 Å². The molecular weight excluding hydrogens is 364 g/mol. The van der Waals surface area contributed by atoms with E-state index >= 15 is 0 Å². The van der Waals surface area contributed by atoms with Crippen LogP contribution in [0.1, 0.15) is 106 Å². The summed E-state index contributed by atoms with van der Waals surface area (Å²) in [6.07, 6.45) is 3.63. The zero-order valence-electron chi connectivity index (χ0n) is 19.7. The van der Waals surface area contributed by atoms with Gasteiger partial charge >= 0.3 is 11.9 Å². The topological polar surface area (TPSA) is 52.6 Å². The highest BCUT2D eigenvalue weighted by molar-refractivity contribution is 6.03. The van der Waals surface area contributed by atoms with Crippen molar-refractivity contribution in [3.63, 3.8) is 0 Å². The Labute approximate surface area is 177 Å². The number of ether oxygens (including phenoxy) is 2. The fraction of sp³-hybridized carbons (Fsp3) is 0.680. The monoisotopic (exact) mass is 404 g/mol. The lowest BCUT2D eigenvalue weighted by atomic mass is 9.82. The van der Waals surface area contributed by atoms with Crippen molar-refractivity contribution < 1.29 is 19.1 Å². The largest absolute Gasteiger partial charge is 0.462 e. The minimum Gasteiger partial charge on any atom is -0.462 e. The lowest BCUT2D eigenvalue weighted by molar-refractivity contribution is 0.0447. The van der Waals surface area contributed by atoms with Gasteiger partial charge in [-0.25, -0.2) is 9.59 Å². The Morgan fingerprint density at radius 1 is 0.828 bits per heavy atom. The summed E-state index contributed by atoms with van der Waals surface area (Å²) in [5.74, 6) is 0.232. The SMILES string of the molecule is Cc1cc(C(=O)OCCCC(C)C)c(C(=O)OCCCC(C)C)cc1C(C)(C)C. The molecule has 0 amide bonds. The molecule has 0 unspecified atom stereocenters. The Kier molecular flexibility index (Phi) is 9.88. The summed E-state index contributed by atoms with van der Waals surface area (Å²) in [6, 6.07) is 3.58. The smallest absolute Gasteiger partial charge is 0.339 e. The maximum atomic E-state index is 12.8. The van der Waals surface area contributed by atoms with Crippen LogP contribution >= 0.6 is 0 Å². The molecule has 0 N–H and O–H groups in total. The molecule has 4 heteroatoms. The lowest BCUT2D eigenvalue weighted by Crippen LogP contribution is -2.20. The Morgan fingerprint density at radius 2 is 1.24 bits per heavy atom. The third-order valence-electron chi connectivity index (χ3n) is 4.93. The van der Waals surface area contributed by atoms with Crippen molar-refractivity contribution in [2.24, 2.45) is 11.8 Å². The molecule has 0 aromatic heterocycles. The number of rotatable bonds is 10. The second-order valence-electron chi connectivity index (χ2n) is 9.81. The van der Waals surface area contributed by atoms with Crippen LogP contribution in [0, 0.1) is 18.8 Å². The van der Waals surface area contributed by atoms with Gasteiger partial charge in [-0.3, -0.25) is 0 Å². The summed E-state index contributed by atoms with van der Waals surface area (Å²) in [6.45, 7) is 17.5. The lowest BCUT2D eigenvalue weighted by Gasteiger charge is -2.23. The molecule has 0 saturated carbocycles. The highest BCUT2D eigenvalue weighted by atomic mass is 16.5. The van der Waals surface area contributed by atoms with Crippen molar-refractivity contribution in [2.45, 2.75) is 86.5 Å². The molecule has 0 fully saturated rings. The first-order valence-electron chi connectivity index (χ1n) is 10.9. The van der Waals surface area contributed by atoms with Crippen molar-refractivity contribution in [1.29, 1.82) is 0 Å². The van der Waals surface area contributed by atoms with Crippen LogP contribution in [0.15, 0.2) is 12.1 Å². The first kappa shape index (κ1) is 25.2. The van der Waals surface area contributed by atoms with E-state index in [2.05, 4.69) is 48.5 Å². The highest BCUT2D eigenvalue weighted by Gasteiger charge is 2.25. The fourth-order valence-electron chi connectivity index (χ4n) is 3.32. The van der Waals surface area contributed by atoms with E-state index in [4.69, 9.17) is 9.47 Å². The van der Waals surface area contributed by atoms with E-state index < -0.39 is 11.9 Å². The maximum absolute atomic E-state index is 12.8. The van der Waals surface area contributed by atoms with Crippen LogP contribution in [-0.2, 0) is 14.9 Å². The van der Waals surface area contributed by atoms with Gasteiger partial charge in [-0.2, -0.15) is 0 Å². The molecule has 1 rings (SSSR count). The van der Waals surface area contributed by atoms with Crippen molar-refractivity contribution in [1.82, 2.24) is 0 Å². The third kappa shape index (κ3) is 8.59. The molecule has 1 aromatic carbocycles. The summed E-state index contributed by atoms with van der Waals surface area (Å²) >= 11 is 0. The van der Waals surface area contributed by atoms with E-state index in [1.54, 1.807) is 6.07 Å². The Hall–Kier alpha value is -1.84. The summed E-state index contributed by atoms with van der Waals surface area (Å²) in [7, 11) is 0. The van der Waals surface area contributed by atoms with Gasteiger partial charge in [-0.15, -0.1) is 0 Å². The number of esters is 2. The highest BCUT2D eigenvalue weighted by Crippen LogP contribution is 2.29. The van der Waals surface area contributed by atoms with E-state index in [-0.39, 0.29) is 5.41 Å². The average Bonchev–Trinajstić information content (AvgIpc) is 2.60. The summed E-state index contributed by atoms with van der Waals surface area (Å²) < 4.78 is 10.9. The molecular formula is C25H40O4. The second-order valence-corrected chi connectivity index (χ2v) is 9.81. The van der Waals surface area contributed by atoms with Gasteiger partial charge in [-0.05, 0) is 73.1 Å². The quantitative estimate of drug-likeness (QED) is 0.331. The van der Waals surface area contributed by atoms with Gasteiger partial charge in [0.1, 0.15) is 0 Å². The molecule has 0 aliphatic heterocycles. The van der Waals surface area contributed by atoms with E-state index in [9.17, 15) is 9.59 Å². The number of hydrogen-bond donors (Lipinski definition) is 0. The van der Waals surface area contributed by atoms with Gasteiger partial charge in [0.15, 0.2) is 0 Å². The van der Waals surface area contributed by atoms with Crippen molar-refractivity contribution in [2.75, 3.05) is 13.2 Å². The van der Waals surface area contributed by atoms with Crippen molar-refractivity contribution >= 4 is 11.9 Å². The third-order valence-corrected chi connectivity index (χ3v) is 4.93. The average molecular weight is 405 g/mol. The molecule has 164 valence electrons. The second kappa shape index (κ2) is 11.4. The molecule has 29 heavy (non-hydrogen) atoms. The number of hydrogen-bond acceptors (Lipinski definition) is 4. The van der Waals surface area contributed by atoms with Gasteiger partial charge in [0.25, 0.3) is 0 Å². The van der Waals surface area contributed by atoms with Crippen molar-refractivity contribution in [3.05, 3.63) is 34.4 Å². The van der Waals surface area contributed by atoms with Gasteiger partial charge in [0.05, 0.1) is 24.3 Å². The Bertz CT molecular complexity index is 681. The predicted molar refractivity (Wildman–Crippen MR) is 119 cm³/mol. The standard InChI is InChI=1S/C25H40O4/c1-17(2)11-9-13-28-23(26)20-15-19(5)22(25(6,7)8)16-21(20)24(27)29-14-10-12-18(3)4/h15-18H,9-14H2,1-8H3. The molecule has 0 spiro atoms. The number of carbonyl (C=O) groups is 2. The van der Waals surface area contributed by atoms with E-state index in [0.717, 1.165) is 36.8 Å².